The molecule has 0 saturated carbocycles. The first-order valence-electron chi connectivity index (χ1n) is 6.68. The average molecular weight is 279 g/mol. The second-order valence-electron chi connectivity index (χ2n) is 5.56. The molecule has 1 aliphatic rings. The van der Waals surface area contributed by atoms with Crippen LogP contribution in [-0.2, 0) is 9.59 Å². The van der Waals surface area contributed by atoms with E-state index >= 15 is 0 Å². The number of hydrogen-bond donors (Lipinski definition) is 1. The lowest BCUT2D eigenvalue weighted by Crippen LogP contribution is -2.34. The van der Waals surface area contributed by atoms with Crippen LogP contribution in [0.15, 0.2) is 24.3 Å². The Bertz CT molecular complexity index is 530. The van der Waals surface area contributed by atoms with E-state index in [9.17, 15) is 19.1 Å². The zero-order chi connectivity index (χ0) is 14.9. The summed E-state index contributed by atoms with van der Waals surface area (Å²) in [5, 5.41) is 9.30. The molecule has 20 heavy (non-hydrogen) atoms. The fourth-order valence-electron chi connectivity index (χ4n) is 2.72. The second-order valence-corrected chi connectivity index (χ2v) is 5.56. The number of likely N-dealkylation sites (tertiary alicyclic amines) is 1. The summed E-state index contributed by atoms with van der Waals surface area (Å²) in [6.45, 7) is 4.32. The van der Waals surface area contributed by atoms with Gasteiger partial charge in [0.1, 0.15) is 5.82 Å². The minimum atomic E-state index is -1.06. The molecular formula is C15H18FNO3. The summed E-state index contributed by atoms with van der Waals surface area (Å²) in [4.78, 5) is 24.9. The molecule has 0 bridgehead atoms. The van der Waals surface area contributed by atoms with Crippen LogP contribution in [-0.4, -0.2) is 28.4 Å². The smallest absolute Gasteiger partial charge is 0.309 e. The molecule has 2 rings (SSSR count). The van der Waals surface area contributed by atoms with Crippen LogP contribution in [0.4, 0.5) is 4.39 Å². The highest BCUT2D eigenvalue weighted by Gasteiger charge is 2.45. The van der Waals surface area contributed by atoms with Gasteiger partial charge >= 0.3 is 5.97 Å². The molecule has 1 fully saturated rings. The number of rotatable bonds is 4. The molecule has 0 aliphatic carbocycles. The Labute approximate surface area is 117 Å². The molecule has 1 saturated heterocycles. The van der Waals surface area contributed by atoms with Gasteiger partial charge in [-0.15, -0.1) is 0 Å². The highest BCUT2D eigenvalue weighted by atomic mass is 19.1. The molecule has 1 heterocycles. The predicted molar refractivity (Wildman–Crippen MR) is 71.4 cm³/mol. The Balaban J connectivity index is 2.43. The van der Waals surface area contributed by atoms with Crippen molar-refractivity contribution in [3.8, 4) is 0 Å². The van der Waals surface area contributed by atoms with Crippen molar-refractivity contribution in [1.82, 2.24) is 4.90 Å². The maximum absolute atomic E-state index is 14.0. The predicted octanol–water partition coefficient (Wildman–Crippen LogP) is 2.46. The molecule has 1 amide bonds. The Hall–Kier alpha value is -1.91. The van der Waals surface area contributed by atoms with Crippen LogP contribution in [0.3, 0.4) is 0 Å². The Morgan fingerprint density at radius 1 is 1.45 bits per heavy atom. The maximum Gasteiger partial charge on any atom is 0.309 e. The molecule has 1 aromatic carbocycles. The lowest BCUT2D eigenvalue weighted by molar-refractivity contribution is -0.142. The fraction of sp³-hybridized carbons (Fsp3) is 0.467. The monoisotopic (exact) mass is 279 g/mol. The molecule has 1 aromatic rings. The molecule has 0 spiro atoms. The van der Waals surface area contributed by atoms with Gasteiger partial charge in [0.25, 0.3) is 0 Å². The Morgan fingerprint density at radius 2 is 2.10 bits per heavy atom. The van der Waals surface area contributed by atoms with Crippen molar-refractivity contribution < 1.29 is 19.1 Å². The summed E-state index contributed by atoms with van der Waals surface area (Å²) in [5.74, 6) is -2.44. The van der Waals surface area contributed by atoms with Gasteiger partial charge in [-0.2, -0.15) is 0 Å². The molecule has 2 unspecified atom stereocenters. The van der Waals surface area contributed by atoms with Gasteiger partial charge in [0.15, 0.2) is 0 Å². The summed E-state index contributed by atoms with van der Waals surface area (Å²) in [6, 6.07) is 5.35. The zero-order valence-electron chi connectivity index (χ0n) is 11.5. The molecule has 0 aromatic heterocycles. The number of carbonyl (C=O) groups excluding carboxylic acids is 1. The number of aliphatic carboxylic acids is 1. The third-order valence-corrected chi connectivity index (χ3v) is 3.53. The van der Waals surface area contributed by atoms with Gasteiger partial charge in [-0.25, -0.2) is 4.39 Å². The van der Waals surface area contributed by atoms with E-state index in [2.05, 4.69) is 0 Å². The van der Waals surface area contributed by atoms with Crippen LogP contribution in [0.1, 0.15) is 31.9 Å². The summed E-state index contributed by atoms with van der Waals surface area (Å²) in [6.07, 6.45) is -0.0684. The average Bonchev–Trinajstić information content (AvgIpc) is 2.67. The van der Waals surface area contributed by atoms with Crippen molar-refractivity contribution >= 4 is 11.9 Å². The Morgan fingerprint density at radius 3 is 2.65 bits per heavy atom. The molecule has 108 valence electrons. The van der Waals surface area contributed by atoms with Gasteiger partial charge in [0, 0.05) is 18.5 Å². The van der Waals surface area contributed by atoms with Gasteiger partial charge < -0.3 is 10.0 Å². The first kappa shape index (κ1) is 14.5. The fourth-order valence-corrected chi connectivity index (χ4v) is 2.72. The van der Waals surface area contributed by atoms with E-state index in [0.717, 1.165) is 0 Å². The minimum Gasteiger partial charge on any atom is -0.481 e. The molecule has 0 radical (unpaired) electrons. The second kappa shape index (κ2) is 5.61. The zero-order valence-corrected chi connectivity index (χ0v) is 11.5. The van der Waals surface area contributed by atoms with E-state index in [1.807, 2.05) is 13.8 Å². The number of halogens is 1. The largest absolute Gasteiger partial charge is 0.481 e. The summed E-state index contributed by atoms with van der Waals surface area (Å²) in [7, 11) is 0. The van der Waals surface area contributed by atoms with Gasteiger partial charge in [-0.3, -0.25) is 9.59 Å². The third-order valence-electron chi connectivity index (χ3n) is 3.53. The van der Waals surface area contributed by atoms with Gasteiger partial charge in [-0.1, -0.05) is 32.0 Å². The van der Waals surface area contributed by atoms with Crippen LogP contribution in [0.5, 0.6) is 0 Å². The van der Waals surface area contributed by atoms with E-state index in [1.165, 1.54) is 11.0 Å². The van der Waals surface area contributed by atoms with Crippen LogP contribution in [0, 0.1) is 17.7 Å². The van der Waals surface area contributed by atoms with Gasteiger partial charge in [-0.05, 0) is 12.0 Å². The Kier molecular flexibility index (Phi) is 4.06. The van der Waals surface area contributed by atoms with E-state index < -0.39 is 23.7 Å². The van der Waals surface area contributed by atoms with Gasteiger partial charge in [0.2, 0.25) is 5.91 Å². The number of amides is 1. The molecule has 2 atom stereocenters. The molecule has 1 N–H and O–H groups in total. The summed E-state index contributed by atoms with van der Waals surface area (Å²) >= 11 is 0. The van der Waals surface area contributed by atoms with E-state index in [-0.39, 0.29) is 23.8 Å². The van der Waals surface area contributed by atoms with E-state index in [1.54, 1.807) is 18.2 Å². The normalized spacial score (nSPS) is 22.6. The van der Waals surface area contributed by atoms with Crippen LogP contribution in [0.2, 0.25) is 0 Å². The first-order valence-corrected chi connectivity index (χ1v) is 6.68. The summed E-state index contributed by atoms with van der Waals surface area (Å²) in [5.41, 5.74) is 0.284. The molecular weight excluding hydrogens is 261 g/mol. The number of carbonyl (C=O) groups is 2. The summed E-state index contributed by atoms with van der Waals surface area (Å²) < 4.78 is 14.0. The lowest BCUT2D eigenvalue weighted by Gasteiger charge is -2.29. The maximum atomic E-state index is 14.0. The third kappa shape index (κ3) is 2.66. The van der Waals surface area contributed by atoms with Crippen molar-refractivity contribution in [3.63, 3.8) is 0 Å². The van der Waals surface area contributed by atoms with Crippen molar-refractivity contribution in [1.29, 1.82) is 0 Å². The molecule has 1 aliphatic heterocycles. The van der Waals surface area contributed by atoms with Crippen molar-refractivity contribution in [3.05, 3.63) is 35.6 Å². The van der Waals surface area contributed by atoms with Crippen LogP contribution < -0.4 is 0 Å². The van der Waals surface area contributed by atoms with Crippen molar-refractivity contribution in [2.45, 2.75) is 26.3 Å². The highest BCUT2D eigenvalue weighted by Crippen LogP contribution is 2.39. The number of carboxylic acids is 1. The molecule has 5 heteroatoms. The highest BCUT2D eigenvalue weighted by molar-refractivity contribution is 5.87. The number of carboxylic acid groups (broad SMARTS) is 1. The van der Waals surface area contributed by atoms with Crippen molar-refractivity contribution in [2.24, 2.45) is 11.8 Å². The van der Waals surface area contributed by atoms with Gasteiger partial charge in [0.05, 0.1) is 12.0 Å². The van der Waals surface area contributed by atoms with E-state index in [4.69, 9.17) is 0 Å². The number of nitrogens with zero attached hydrogens (tertiary/aromatic N) is 1. The number of hydrogen-bond acceptors (Lipinski definition) is 2. The number of benzene rings is 1. The van der Waals surface area contributed by atoms with Crippen LogP contribution >= 0.6 is 0 Å². The standard InChI is InChI=1S/C15H18FNO3/c1-9(2)8-17-13(18)7-11(15(19)20)14(17)10-5-3-4-6-12(10)16/h3-6,9,11,14H,7-8H2,1-2H3,(H,19,20). The first-order chi connectivity index (χ1) is 9.41. The lowest BCUT2D eigenvalue weighted by atomic mass is 9.93. The van der Waals surface area contributed by atoms with E-state index in [0.29, 0.717) is 6.54 Å². The minimum absolute atomic E-state index is 0.0684. The topological polar surface area (TPSA) is 57.6 Å². The SMILES string of the molecule is CC(C)CN1C(=O)CC(C(=O)O)C1c1ccccc1F. The molecule has 4 nitrogen and oxygen atoms in total. The van der Waals surface area contributed by atoms with Crippen molar-refractivity contribution in [2.75, 3.05) is 6.54 Å². The van der Waals surface area contributed by atoms with Crippen LogP contribution in [0.25, 0.3) is 0 Å². The quantitative estimate of drug-likeness (QED) is 0.921.